The van der Waals surface area contributed by atoms with Crippen molar-refractivity contribution in [3.05, 3.63) is 33.0 Å². The number of hydrogen-bond acceptors (Lipinski definition) is 5. The zero-order valence-electron chi connectivity index (χ0n) is 17.7. The van der Waals surface area contributed by atoms with Crippen molar-refractivity contribution in [1.29, 1.82) is 0 Å². The first-order valence-electron chi connectivity index (χ1n) is 10.2. The van der Waals surface area contributed by atoms with Crippen LogP contribution in [0.5, 0.6) is 11.5 Å². The van der Waals surface area contributed by atoms with Gasteiger partial charge in [0.2, 0.25) is 5.91 Å². The van der Waals surface area contributed by atoms with E-state index in [-0.39, 0.29) is 18.9 Å². The van der Waals surface area contributed by atoms with Crippen molar-refractivity contribution in [3.63, 3.8) is 0 Å². The largest absolute Gasteiger partial charge is 0.490 e. The number of aromatic amines is 1. The van der Waals surface area contributed by atoms with Gasteiger partial charge in [-0.25, -0.2) is 4.79 Å². The lowest BCUT2D eigenvalue weighted by Crippen LogP contribution is -2.35. The maximum Gasteiger partial charge on any atom is 0.328 e. The standard InChI is InChI=1S/C21H31N3O5/c1-5-28-17-12-15-16(13-18(17)29-6-2)23-21(27)24(20(15)26)11-7-8-19(25)22-10-9-14(3)4/h12-14H,5-11H2,1-4H3,(H,22,25)(H,23,27). The fourth-order valence-corrected chi connectivity index (χ4v) is 2.99. The van der Waals surface area contributed by atoms with Gasteiger partial charge in [-0.2, -0.15) is 0 Å². The molecule has 0 spiro atoms. The summed E-state index contributed by atoms with van der Waals surface area (Å²) in [6, 6.07) is 3.20. The van der Waals surface area contributed by atoms with Crippen LogP contribution in [0.4, 0.5) is 0 Å². The Hall–Kier alpha value is -2.77. The molecule has 0 bridgehead atoms. The van der Waals surface area contributed by atoms with Crippen molar-refractivity contribution in [2.45, 2.75) is 53.5 Å². The number of carbonyl (C=O) groups excluding carboxylic acids is 1. The van der Waals surface area contributed by atoms with Gasteiger partial charge in [0.25, 0.3) is 5.56 Å². The average Bonchev–Trinajstić information content (AvgIpc) is 2.65. The van der Waals surface area contributed by atoms with Gasteiger partial charge in [0, 0.05) is 25.6 Å². The lowest BCUT2D eigenvalue weighted by molar-refractivity contribution is -0.121. The monoisotopic (exact) mass is 405 g/mol. The lowest BCUT2D eigenvalue weighted by atomic mass is 10.1. The number of benzene rings is 1. The van der Waals surface area contributed by atoms with E-state index >= 15 is 0 Å². The predicted molar refractivity (Wildman–Crippen MR) is 113 cm³/mol. The number of nitrogens with one attached hydrogen (secondary N) is 2. The Morgan fingerprint density at radius 2 is 1.79 bits per heavy atom. The molecule has 0 radical (unpaired) electrons. The van der Waals surface area contributed by atoms with Crippen LogP contribution in [0.25, 0.3) is 10.9 Å². The molecule has 2 N–H and O–H groups in total. The molecule has 0 aliphatic rings. The van der Waals surface area contributed by atoms with Gasteiger partial charge in [0.05, 0.1) is 24.1 Å². The van der Waals surface area contributed by atoms with E-state index in [1.165, 1.54) is 0 Å². The molecule has 0 atom stereocenters. The van der Waals surface area contributed by atoms with E-state index in [1.54, 1.807) is 12.1 Å². The quantitative estimate of drug-likeness (QED) is 0.598. The lowest BCUT2D eigenvalue weighted by Gasteiger charge is -2.13. The van der Waals surface area contributed by atoms with E-state index in [0.29, 0.717) is 54.5 Å². The number of aromatic nitrogens is 2. The van der Waals surface area contributed by atoms with Gasteiger partial charge in [0.1, 0.15) is 0 Å². The molecule has 0 aliphatic heterocycles. The fourth-order valence-electron chi connectivity index (χ4n) is 2.99. The molecule has 0 saturated carbocycles. The number of amides is 1. The van der Waals surface area contributed by atoms with Gasteiger partial charge < -0.3 is 19.8 Å². The van der Waals surface area contributed by atoms with Gasteiger partial charge in [-0.1, -0.05) is 13.8 Å². The maximum atomic E-state index is 12.8. The minimum atomic E-state index is -0.505. The first-order chi connectivity index (χ1) is 13.9. The summed E-state index contributed by atoms with van der Waals surface area (Å²) in [5.74, 6) is 1.39. The highest BCUT2D eigenvalue weighted by molar-refractivity contribution is 5.81. The molecular weight excluding hydrogens is 374 g/mol. The van der Waals surface area contributed by atoms with E-state index < -0.39 is 11.2 Å². The summed E-state index contributed by atoms with van der Waals surface area (Å²) in [6.07, 6.45) is 1.58. The molecule has 0 aliphatic carbocycles. The van der Waals surface area contributed by atoms with E-state index in [2.05, 4.69) is 24.1 Å². The van der Waals surface area contributed by atoms with Crippen LogP contribution in [0.2, 0.25) is 0 Å². The smallest absolute Gasteiger partial charge is 0.328 e. The second-order valence-electron chi connectivity index (χ2n) is 7.23. The Morgan fingerprint density at radius 3 is 2.41 bits per heavy atom. The van der Waals surface area contributed by atoms with Gasteiger partial charge in [-0.15, -0.1) is 0 Å². The minimum Gasteiger partial charge on any atom is -0.490 e. The van der Waals surface area contributed by atoms with Crippen LogP contribution in [0.3, 0.4) is 0 Å². The molecule has 160 valence electrons. The van der Waals surface area contributed by atoms with Crippen molar-refractivity contribution in [2.24, 2.45) is 5.92 Å². The summed E-state index contributed by atoms with van der Waals surface area (Å²) in [7, 11) is 0. The molecule has 29 heavy (non-hydrogen) atoms. The molecule has 8 heteroatoms. The van der Waals surface area contributed by atoms with Gasteiger partial charge in [0.15, 0.2) is 11.5 Å². The highest BCUT2D eigenvalue weighted by Gasteiger charge is 2.14. The number of ether oxygens (including phenoxy) is 2. The normalized spacial score (nSPS) is 11.1. The summed E-state index contributed by atoms with van der Waals surface area (Å²) in [5, 5.41) is 3.20. The number of rotatable bonds is 11. The predicted octanol–water partition coefficient (Wildman–Crippen LogP) is 2.43. The van der Waals surface area contributed by atoms with Crippen LogP contribution in [0, 0.1) is 5.92 Å². The second-order valence-corrected chi connectivity index (χ2v) is 7.23. The molecule has 0 fully saturated rings. The van der Waals surface area contributed by atoms with Crippen molar-refractivity contribution in [1.82, 2.24) is 14.9 Å². The Morgan fingerprint density at radius 1 is 1.14 bits per heavy atom. The van der Waals surface area contributed by atoms with Crippen molar-refractivity contribution in [3.8, 4) is 11.5 Å². The maximum absolute atomic E-state index is 12.8. The molecule has 2 aromatic rings. The number of fused-ring (bicyclic) bond motifs is 1. The van der Waals surface area contributed by atoms with E-state index in [9.17, 15) is 14.4 Å². The summed E-state index contributed by atoms with van der Waals surface area (Å²) in [6.45, 7) is 9.55. The third-order valence-corrected chi connectivity index (χ3v) is 4.48. The Labute approximate surface area is 170 Å². The topological polar surface area (TPSA) is 102 Å². The Balaban J connectivity index is 2.17. The van der Waals surface area contributed by atoms with Crippen LogP contribution >= 0.6 is 0 Å². The zero-order chi connectivity index (χ0) is 21.4. The number of nitrogens with zero attached hydrogens (tertiary/aromatic N) is 1. The molecule has 1 heterocycles. The molecule has 0 unspecified atom stereocenters. The van der Waals surface area contributed by atoms with Gasteiger partial charge >= 0.3 is 5.69 Å². The highest BCUT2D eigenvalue weighted by atomic mass is 16.5. The summed E-state index contributed by atoms with van der Waals surface area (Å²) < 4.78 is 12.2. The van der Waals surface area contributed by atoms with E-state index in [0.717, 1.165) is 11.0 Å². The van der Waals surface area contributed by atoms with Crippen LogP contribution in [0.15, 0.2) is 21.7 Å². The van der Waals surface area contributed by atoms with Crippen LogP contribution in [-0.2, 0) is 11.3 Å². The third kappa shape index (κ3) is 6.10. The van der Waals surface area contributed by atoms with Gasteiger partial charge in [-0.3, -0.25) is 14.2 Å². The average molecular weight is 405 g/mol. The second kappa shape index (κ2) is 10.7. The fraction of sp³-hybridized carbons (Fsp3) is 0.571. The molecule has 0 saturated heterocycles. The zero-order valence-corrected chi connectivity index (χ0v) is 17.7. The summed E-state index contributed by atoms with van der Waals surface area (Å²) in [5.41, 5.74) is -0.517. The molecule has 1 amide bonds. The Kier molecular flexibility index (Phi) is 8.30. The number of carbonyl (C=O) groups is 1. The molecular formula is C21H31N3O5. The van der Waals surface area contributed by atoms with Crippen LogP contribution in [-0.4, -0.2) is 35.2 Å². The molecule has 2 rings (SSSR count). The third-order valence-electron chi connectivity index (χ3n) is 4.48. The van der Waals surface area contributed by atoms with Crippen LogP contribution in [0.1, 0.15) is 47.0 Å². The van der Waals surface area contributed by atoms with Crippen LogP contribution < -0.4 is 26.0 Å². The molecule has 1 aromatic heterocycles. The molecule has 8 nitrogen and oxygen atoms in total. The van der Waals surface area contributed by atoms with E-state index in [4.69, 9.17) is 9.47 Å². The summed E-state index contributed by atoms with van der Waals surface area (Å²) in [4.78, 5) is 39.9. The first kappa shape index (κ1) is 22.5. The van der Waals surface area contributed by atoms with Crippen molar-refractivity contribution in [2.75, 3.05) is 19.8 Å². The Bertz CT molecular complexity index is 946. The van der Waals surface area contributed by atoms with Crippen molar-refractivity contribution < 1.29 is 14.3 Å². The first-order valence-corrected chi connectivity index (χ1v) is 10.2. The SMILES string of the molecule is CCOc1cc2[nH]c(=O)n(CCCC(=O)NCCC(C)C)c(=O)c2cc1OCC. The van der Waals surface area contributed by atoms with Gasteiger partial charge in [-0.05, 0) is 38.7 Å². The number of H-pyrrole nitrogens is 1. The number of hydrogen-bond donors (Lipinski definition) is 2. The van der Waals surface area contributed by atoms with Crippen molar-refractivity contribution >= 4 is 16.8 Å². The molecule has 1 aromatic carbocycles. The minimum absolute atomic E-state index is 0.0732. The highest BCUT2D eigenvalue weighted by Crippen LogP contribution is 2.30. The summed E-state index contributed by atoms with van der Waals surface area (Å²) >= 11 is 0. The van der Waals surface area contributed by atoms with E-state index in [1.807, 2.05) is 13.8 Å².